The molecule has 0 heterocycles. The molecule has 0 amide bonds. The maximum atomic E-state index is 12.2. The van der Waals surface area contributed by atoms with Gasteiger partial charge < -0.3 is 10.0 Å². The Hall–Kier alpha value is -1.36. The molecule has 6 heteroatoms. The van der Waals surface area contributed by atoms with Crippen LogP contribution in [0.5, 0.6) is 0 Å². The molecular weight excluding hydrogens is 240 g/mol. The van der Waals surface area contributed by atoms with Gasteiger partial charge >= 0.3 is 5.97 Å². The summed E-state index contributed by atoms with van der Waals surface area (Å²) in [6.45, 7) is -0.541. The standard InChI is InChI=1S/C10H10ClF2NO2/c1-14(5-8(12)13)7-4-2-3-6(11)9(7)10(15)16/h2-4,8H,5H2,1H3,(H,15,16). The topological polar surface area (TPSA) is 40.5 Å². The van der Waals surface area contributed by atoms with E-state index in [0.717, 1.165) is 0 Å². The largest absolute Gasteiger partial charge is 0.478 e. The zero-order chi connectivity index (χ0) is 12.3. The van der Waals surface area contributed by atoms with Gasteiger partial charge in [-0.3, -0.25) is 0 Å². The van der Waals surface area contributed by atoms with E-state index in [4.69, 9.17) is 16.7 Å². The quantitative estimate of drug-likeness (QED) is 0.892. The van der Waals surface area contributed by atoms with Crippen molar-refractivity contribution in [2.75, 3.05) is 18.5 Å². The number of alkyl halides is 2. The molecule has 0 saturated carbocycles. The number of halogens is 3. The van der Waals surface area contributed by atoms with Crippen molar-refractivity contribution in [2.24, 2.45) is 0 Å². The van der Waals surface area contributed by atoms with Crippen molar-refractivity contribution in [1.82, 2.24) is 0 Å². The first-order valence-corrected chi connectivity index (χ1v) is 4.82. The van der Waals surface area contributed by atoms with E-state index in [1.165, 1.54) is 30.1 Å². The van der Waals surface area contributed by atoms with Crippen LogP contribution in [0.25, 0.3) is 0 Å². The molecule has 0 bridgehead atoms. The van der Waals surface area contributed by atoms with Gasteiger partial charge in [-0.15, -0.1) is 0 Å². The van der Waals surface area contributed by atoms with Gasteiger partial charge in [-0.25, -0.2) is 13.6 Å². The average Bonchev–Trinajstić information content (AvgIpc) is 2.15. The van der Waals surface area contributed by atoms with Crippen LogP contribution in [-0.4, -0.2) is 31.1 Å². The number of carbonyl (C=O) groups is 1. The minimum Gasteiger partial charge on any atom is -0.478 e. The molecule has 1 aromatic rings. The molecule has 0 radical (unpaired) electrons. The molecule has 1 aromatic carbocycles. The zero-order valence-corrected chi connectivity index (χ0v) is 9.21. The summed E-state index contributed by atoms with van der Waals surface area (Å²) in [7, 11) is 1.39. The lowest BCUT2D eigenvalue weighted by atomic mass is 10.1. The Morgan fingerprint density at radius 1 is 1.56 bits per heavy atom. The molecule has 0 saturated heterocycles. The molecule has 1 rings (SSSR count). The van der Waals surface area contributed by atoms with Crippen LogP contribution in [-0.2, 0) is 0 Å². The Balaban J connectivity index is 3.12. The highest BCUT2D eigenvalue weighted by Gasteiger charge is 2.18. The molecule has 0 aliphatic heterocycles. The van der Waals surface area contributed by atoms with Gasteiger partial charge in [-0.05, 0) is 12.1 Å². The Labute approximate surface area is 96.2 Å². The first kappa shape index (κ1) is 12.7. The molecule has 0 aromatic heterocycles. The molecule has 3 nitrogen and oxygen atoms in total. The summed E-state index contributed by atoms with van der Waals surface area (Å²) in [6, 6.07) is 4.37. The minimum absolute atomic E-state index is 0.0334. The van der Waals surface area contributed by atoms with Crippen molar-refractivity contribution in [3.05, 3.63) is 28.8 Å². The summed E-state index contributed by atoms with van der Waals surface area (Å²) in [6.07, 6.45) is -2.54. The van der Waals surface area contributed by atoms with Crippen LogP contribution >= 0.6 is 11.6 Å². The Bertz CT molecular complexity index is 398. The van der Waals surface area contributed by atoms with E-state index < -0.39 is 18.9 Å². The maximum absolute atomic E-state index is 12.2. The lowest BCUT2D eigenvalue weighted by Crippen LogP contribution is -2.25. The van der Waals surface area contributed by atoms with Crippen LogP contribution < -0.4 is 4.90 Å². The Morgan fingerprint density at radius 3 is 2.69 bits per heavy atom. The molecule has 0 spiro atoms. The number of carboxylic acid groups (broad SMARTS) is 1. The Kier molecular flexibility index (Phi) is 4.06. The van der Waals surface area contributed by atoms with Crippen LogP contribution in [0.3, 0.4) is 0 Å². The van der Waals surface area contributed by atoms with Crippen LogP contribution in [0.2, 0.25) is 5.02 Å². The Morgan fingerprint density at radius 2 is 2.19 bits per heavy atom. The first-order chi connectivity index (χ1) is 7.43. The lowest BCUT2D eigenvalue weighted by Gasteiger charge is -2.21. The van der Waals surface area contributed by atoms with Crippen molar-refractivity contribution in [2.45, 2.75) is 6.43 Å². The molecule has 0 unspecified atom stereocenters. The summed E-state index contributed by atoms with van der Waals surface area (Å²) in [5.41, 5.74) is 0.0209. The second-order valence-electron chi connectivity index (χ2n) is 3.21. The number of aromatic carboxylic acids is 1. The summed E-state index contributed by atoms with van der Waals surface area (Å²) in [5, 5.41) is 8.96. The van der Waals surface area contributed by atoms with Crippen molar-refractivity contribution in [3.63, 3.8) is 0 Å². The SMILES string of the molecule is CN(CC(F)F)c1cccc(Cl)c1C(=O)O. The van der Waals surface area contributed by atoms with Gasteiger partial charge in [0.1, 0.15) is 5.56 Å². The van der Waals surface area contributed by atoms with E-state index in [-0.39, 0.29) is 16.3 Å². The third-order valence-electron chi connectivity index (χ3n) is 2.03. The smallest absolute Gasteiger partial charge is 0.339 e. The third-order valence-corrected chi connectivity index (χ3v) is 2.34. The summed E-state index contributed by atoms with van der Waals surface area (Å²) < 4.78 is 24.4. The molecule has 88 valence electrons. The highest BCUT2D eigenvalue weighted by Crippen LogP contribution is 2.27. The van der Waals surface area contributed by atoms with Crippen molar-refractivity contribution < 1.29 is 18.7 Å². The van der Waals surface area contributed by atoms with E-state index in [1.807, 2.05) is 0 Å². The highest BCUT2D eigenvalue weighted by molar-refractivity contribution is 6.34. The van der Waals surface area contributed by atoms with E-state index in [1.54, 1.807) is 0 Å². The lowest BCUT2D eigenvalue weighted by molar-refractivity contribution is 0.0697. The van der Waals surface area contributed by atoms with Crippen LogP contribution in [0, 0.1) is 0 Å². The van der Waals surface area contributed by atoms with Crippen molar-refractivity contribution >= 4 is 23.3 Å². The van der Waals surface area contributed by atoms with Crippen LogP contribution in [0.15, 0.2) is 18.2 Å². The number of rotatable bonds is 4. The van der Waals surface area contributed by atoms with Crippen LogP contribution in [0.4, 0.5) is 14.5 Å². The number of nitrogens with zero attached hydrogens (tertiary/aromatic N) is 1. The summed E-state index contributed by atoms with van der Waals surface area (Å²) >= 11 is 5.71. The van der Waals surface area contributed by atoms with E-state index in [9.17, 15) is 13.6 Å². The number of benzene rings is 1. The van der Waals surface area contributed by atoms with Gasteiger partial charge in [0.05, 0.1) is 17.3 Å². The predicted octanol–water partition coefficient (Wildman–Crippen LogP) is 2.74. The van der Waals surface area contributed by atoms with Gasteiger partial charge in [0.25, 0.3) is 6.43 Å². The number of anilines is 1. The van der Waals surface area contributed by atoms with E-state index in [2.05, 4.69) is 0 Å². The number of hydrogen-bond acceptors (Lipinski definition) is 2. The molecule has 0 aliphatic carbocycles. The van der Waals surface area contributed by atoms with Crippen molar-refractivity contribution in [3.8, 4) is 0 Å². The fourth-order valence-electron chi connectivity index (χ4n) is 1.35. The summed E-state index contributed by atoms with van der Waals surface area (Å²) in [4.78, 5) is 12.1. The maximum Gasteiger partial charge on any atom is 0.339 e. The second-order valence-corrected chi connectivity index (χ2v) is 3.62. The third kappa shape index (κ3) is 2.82. The van der Waals surface area contributed by atoms with E-state index >= 15 is 0 Å². The molecule has 0 atom stereocenters. The van der Waals surface area contributed by atoms with Gasteiger partial charge in [0.15, 0.2) is 0 Å². The molecular formula is C10H10ClF2NO2. The first-order valence-electron chi connectivity index (χ1n) is 4.44. The van der Waals surface area contributed by atoms with Gasteiger partial charge in [0.2, 0.25) is 0 Å². The van der Waals surface area contributed by atoms with Crippen LogP contribution in [0.1, 0.15) is 10.4 Å². The number of hydrogen-bond donors (Lipinski definition) is 1. The predicted molar refractivity (Wildman–Crippen MR) is 57.7 cm³/mol. The average molecular weight is 250 g/mol. The van der Waals surface area contributed by atoms with Gasteiger partial charge in [-0.2, -0.15) is 0 Å². The van der Waals surface area contributed by atoms with Crippen molar-refractivity contribution in [1.29, 1.82) is 0 Å². The highest BCUT2D eigenvalue weighted by atomic mass is 35.5. The van der Waals surface area contributed by atoms with E-state index in [0.29, 0.717) is 0 Å². The minimum atomic E-state index is -2.54. The molecule has 1 N–H and O–H groups in total. The normalized spacial score (nSPS) is 10.6. The summed E-state index contributed by atoms with van der Waals surface area (Å²) in [5.74, 6) is -1.23. The van der Waals surface area contributed by atoms with Gasteiger partial charge in [0, 0.05) is 7.05 Å². The fraction of sp³-hybridized carbons (Fsp3) is 0.300. The molecule has 16 heavy (non-hydrogen) atoms. The van der Waals surface area contributed by atoms with Gasteiger partial charge in [-0.1, -0.05) is 17.7 Å². The fourth-order valence-corrected chi connectivity index (χ4v) is 1.60. The second kappa shape index (κ2) is 5.12. The molecule has 0 fully saturated rings. The molecule has 0 aliphatic rings. The monoisotopic (exact) mass is 249 g/mol. The zero-order valence-electron chi connectivity index (χ0n) is 8.45. The number of carboxylic acids is 1.